The van der Waals surface area contributed by atoms with Gasteiger partial charge in [0.25, 0.3) is 0 Å². The summed E-state index contributed by atoms with van der Waals surface area (Å²) in [5.74, 6) is 1.16. The average Bonchev–Trinajstić information content (AvgIpc) is 2.68. The standard InChI is InChI=1S/C12H21F3N2O.ClH/c13-12(14,15)8-18-5-4-17-6-9-2-1-3-11(16)10(9)7-17;/h9-11H,1-8,16H2;1H. The van der Waals surface area contributed by atoms with Crippen molar-refractivity contribution in [2.24, 2.45) is 17.6 Å². The van der Waals surface area contributed by atoms with E-state index < -0.39 is 12.8 Å². The summed E-state index contributed by atoms with van der Waals surface area (Å²) in [6.45, 7) is 1.46. The summed E-state index contributed by atoms with van der Waals surface area (Å²) in [5.41, 5.74) is 6.09. The lowest BCUT2D eigenvalue weighted by Crippen LogP contribution is -2.38. The van der Waals surface area contributed by atoms with Gasteiger partial charge in [0.15, 0.2) is 0 Å². The summed E-state index contributed by atoms with van der Waals surface area (Å²) in [4.78, 5) is 2.19. The van der Waals surface area contributed by atoms with E-state index in [2.05, 4.69) is 9.64 Å². The van der Waals surface area contributed by atoms with Crippen LogP contribution >= 0.6 is 12.4 Å². The Labute approximate surface area is 118 Å². The van der Waals surface area contributed by atoms with Gasteiger partial charge >= 0.3 is 6.18 Å². The fraction of sp³-hybridized carbons (Fsp3) is 1.00. The molecule has 2 fully saturated rings. The molecule has 3 unspecified atom stereocenters. The number of alkyl halides is 3. The molecular weight excluding hydrogens is 281 g/mol. The Balaban J connectivity index is 0.00000180. The van der Waals surface area contributed by atoms with Crippen molar-refractivity contribution in [1.82, 2.24) is 4.90 Å². The van der Waals surface area contributed by atoms with Crippen LogP contribution in [-0.4, -0.2) is 50.0 Å². The molecule has 0 aromatic carbocycles. The number of fused-ring (bicyclic) bond motifs is 1. The summed E-state index contributed by atoms with van der Waals surface area (Å²) in [6.07, 6.45) is -0.750. The minimum Gasteiger partial charge on any atom is -0.371 e. The smallest absolute Gasteiger partial charge is 0.371 e. The van der Waals surface area contributed by atoms with Gasteiger partial charge in [-0.05, 0) is 24.7 Å². The molecule has 0 aromatic rings. The summed E-state index contributed by atoms with van der Waals surface area (Å²) < 4.78 is 40.3. The van der Waals surface area contributed by atoms with Crippen molar-refractivity contribution in [3.8, 4) is 0 Å². The molecule has 1 heterocycles. The Bertz CT molecular complexity index is 278. The van der Waals surface area contributed by atoms with Crippen LogP contribution in [0, 0.1) is 11.8 Å². The molecule has 3 nitrogen and oxygen atoms in total. The van der Waals surface area contributed by atoms with Gasteiger partial charge in [-0.2, -0.15) is 13.2 Å². The molecule has 0 bridgehead atoms. The van der Waals surface area contributed by atoms with Crippen LogP contribution in [-0.2, 0) is 4.74 Å². The molecule has 19 heavy (non-hydrogen) atoms. The number of hydrogen-bond acceptors (Lipinski definition) is 3. The molecular formula is C12H22ClF3N2O. The van der Waals surface area contributed by atoms with Crippen molar-refractivity contribution in [2.75, 3.05) is 32.8 Å². The first kappa shape index (κ1) is 17.0. The Kier molecular flexibility index (Phi) is 6.36. The molecule has 0 amide bonds. The van der Waals surface area contributed by atoms with E-state index >= 15 is 0 Å². The van der Waals surface area contributed by atoms with Crippen molar-refractivity contribution >= 4 is 12.4 Å². The zero-order valence-electron chi connectivity index (χ0n) is 10.9. The van der Waals surface area contributed by atoms with Crippen LogP contribution in [0.15, 0.2) is 0 Å². The van der Waals surface area contributed by atoms with Gasteiger partial charge in [-0.3, -0.25) is 0 Å². The third kappa shape index (κ3) is 5.10. The van der Waals surface area contributed by atoms with E-state index in [-0.39, 0.29) is 25.1 Å². The molecule has 1 saturated heterocycles. The Hall–Kier alpha value is -0.0400. The second-order valence-corrected chi connectivity index (χ2v) is 5.45. The summed E-state index contributed by atoms with van der Waals surface area (Å²) in [5, 5.41) is 0. The summed E-state index contributed by atoms with van der Waals surface area (Å²) in [6, 6.07) is 0.268. The first-order valence-corrected chi connectivity index (χ1v) is 6.58. The third-order valence-electron chi connectivity index (χ3n) is 4.05. The first-order chi connectivity index (χ1) is 8.46. The maximum absolute atomic E-state index is 11.9. The highest BCUT2D eigenvalue weighted by Gasteiger charge is 2.38. The third-order valence-corrected chi connectivity index (χ3v) is 4.05. The van der Waals surface area contributed by atoms with Gasteiger partial charge in [-0.15, -0.1) is 12.4 Å². The predicted octanol–water partition coefficient (Wildman–Crippen LogP) is 2.05. The minimum absolute atomic E-state index is 0. The maximum atomic E-state index is 11.9. The highest BCUT2D eigenvalue weighted by molar-refractivity contribution is 5.85. The number of halogens is 4. The van der Waals surface area contributed by atoms with Crippen LogP contribution < -0.4 is 5.73 Å². The fourth-order valence-corrected chi connectivity index (χ4v) is 3.17. The number of nitrogens with zero attached hydrogens (tertiary/aromatic N) is 1. The first-order valence-electron chi connectivity index (χ1n) is 6.58. The summed E-state index contributed by atoms with van der Waals surface area (Å²) in [7, 11) is 0. The number of nitrogens with two attached hydrogens (primary N) is 1. The highest BCUT2D eigenvalue weighted by atomic mass is 35.5. The zero-order chi connectivity index (χ0) is 13.2. The number of hydrogen-bond donors (Lipinski definition) is 1. The predicted molar refractivity (Wildman–Crippen MR) is 69.4 cm³/mol. The van der Waals surface area contributed by atoms with Gasteiger partial charge in [-0.1, -0.05) is 6.42 Å². The lowest BCUT2D eigenvalue weighted by Gasteiger charge is -2.29. The Morgan fingerprint density at radius 2 is 1.95 bits per heavy atom. The van der Waals surface area contributed by atoms with E-state index in [9.17, 15) is 13.2 Å². The molecule has 1 aliphatic heterocycles. The molecule has 0 aromatic heterocycles. The van der Waals surface area contributed by atoms with E-state index in [0.29, 0.717) is 18.4 Å². The van der Waals surface area contributed by atoms with Crippen molar-refractivity contribution in [1.29, 1.82) is 0 Å². The van der Waals surface area contributed by atoms with Crippen LogP contribution in [0.5, 0.6) is 0 Å². The number of rotatable bonds is 4. The van der Waals surface area contributed by atoms with Crippen LogP contribution in [0.25, 0.3) is 0 Å². The maximum Gasteiger partial charge on any atom is 0.411 e. The lowest BCUT2D eigenvalue weighted by molar-refractivity contribution is -0.174. The quantitative estimate of drug-likeness (QED) is 0.808. The van der Waals surface area contributed by atoms with Gasteiger partial charge in [0.1, 0.15) is 6.61 Å². The van der Waals surface area contributed by atoms with Gasteiger partial charge < -0.3 is 15.4 Å². The largest absolute Gasteiger partial charge is 0.411 e. The molecule has 0 radical (unpaired) electrons. The van der Waals surface area contributed by atoms with Gasteiger partial charge in [0.05, 0.1) is 6.61 Å². The molecule has 2 rings (SSSR count). The Morgan fingerprint density at radius 1 is 1.21 bits per heavy atom. The molecule has 114 valence electrons. The average molecular weight is 303 g/mol. The lowest BCUT2D eigenvalue weighted by atomic mass is 9.78. The zero-order valence-corrected chi connectivity index (χ0v) is 11.7. The van der Waals surface area contributed by atoms with E-state index in [1.54, 1.807) is 0 Å². The molecule has 2 N–H and O–H groups in total. The van der Waals surface area contributed by atoms with Crippen LogP contribution in [0.3, 0.4) is 0 Å². The SMILES string of the molecule is Cl.NC1CCCC2CN(CCOCC(F)(F)F)CC12. The van der Waals surface area contributed by atoms with E-state index in [1.165, 1.54) is 12.8 Å². The van der Waals surface area contributed by atoms with Crippen molar-refractivity contribution in [3.63, 3.8) is 0 Å². The second kappa shape index (κ2) is 7.11. The summed E-state index contributed by atoms with van der Waals surface area (Å²) >= 11 is 0. The van der Waals surface area contributed by atoms with Crippen LogP contribution in [0.4, 0.5) is 13.2 Å². The second-order valence-electron chi connectivity index (χ2n) is 5.45. The van der Waals surface area contributed by atoms with Crippen molar-refractivity contribution in [2.45, 2.75) is 31.5 Å². The molecule has 2 aliphatic rings. The topological polar surface area (TPSA) is 38.5 Å². The van der Waals surface area contributed by atoms with Crippen LogP contribution in [0.2, 0.25) is 0 Å². The molecule has 1 aliphatic carbocycles. The molecule has 3 atom stereocenters. The Morgan fingerprint density at radius 3 is 2.58 bits per heavy atom. The highest BCUT2D eigenvalue weighted by Crippen LogP contribution is 2.35. The number of likely N-dealkylation sites (tertiary alicyclic amines) is 1. The van der Waals surface area contributed by atoms with E-state index in [1.807, 2.05) is 0 Å². The fourth-order valence-electron chi connectivity index (χ4n) is 3.17. The molecule has 7 heteroatoms. The van der Waals surface area contributed by atoms with Crippen molar-refractivity contribution < 1.29 is 17.9 Å². The number of ether oxygens (including phenoxy) is 1. The van der Waals surface area contributed by atoms with E-state index in [4.69, 9.17) is 5.73 Å². The van der Waals surface area contributed by atoms with Gasteiger partial charge in [0.2, 0.25) is 0 Å². The molecule has 0 spiro atoms. The van der Waals surface area contributed by atoms with Crippen molar-refractivity contribution in [3.05, 3.63) is 0 Å². The normalized spacial score (nSPS) is 31.9. The van der Waals surface area contributed by atoms with Gasteiger partial charge in [0, 0.05) is 25.7 Å². The van der Waals surface area contributed by atoms with E-state index in [0.717, 1.165) is 19.5 Å². The monoisotopic (exact) mass is 302 g/mol. The van der Waals surface area contributed by atoms with Crippen LogP contribution in [0.1, 0.15) is 19.3 Å². The molecule has 1 saturated carbocycles. The van der Waals surface area contributed by atoms with Gasteiger partial charge in [-0.25, -0.2) is 0 Å². The minimum atomic E-state index is -4.22.